The van der Waals surface area contributed by atoms with Crippen molar-refractivity contribution in [3.63, 3.8) is 0 Å². The summed E-state index contributed by atoms with van der Waals surface area (Å²) >= 11 is 0. The van der Waals surface area contributed by atoms with Crippen LogP contribution in [0.3, 0.4) is 0 Å². The topological polar surface area (TPSA) is 73.6 Å². The molecule has 1 aromatic rings. The summed E-state index contributed by atoms with van der Waals surface area (Å²) in [6, 6.07) is 6.06. The minimum Gasteiger partial charge on any atom is -0.497 e. The summed E-state index contributed by atoms with van der Waals surface area (Å²) in [4.78, 5) is 11.0. The molecule has 0 spiro atoms. The van der Waals surface area contributed by atoms with E-state index in [1.165, 1.54) is 0 Å². The second-order valence-corrected chi connectivity index (χ2v) is 5.12. The second kappa shape index (κ2) is 7.75. The maximum absolute atomic E-state index is 11.0. The average molecular weight is 280 g/mol. The summed E-state index contributed by atoms with van der Waals surface area (Å²) in [5, 5.41) is 3.34. The Labute approximate surface area is 120 Å². The van der Waals surface area contributed by atoms with Crippen LogP contribution >= 0.6 is 0 Å². The van der Waals surface area contributed by atoms with E-state index in [0.717, 1.165) is 11.3 Å². The lowest BCUT2D eigenvalue weighted by Gasteiger charge is -2.16. The van der Waals surface area contributed by atoms with Gasteiger partial charge in [-0.3, -0.25) is 4.79 Å². The highest BCUT2D eigenvalue weighted by atomic mass is 16.5. The van der Waals surface area contributed by atoms with Gasteiger partial charge in [-0.15, -0.1) is 0 Å². The third-order valence-electron chi connectivity index (χ3n) is 2.95. The standard InChI is InChI=1S/C15H24N2O3/c1-10(2)17-8-12-5-6-13(19-4)7-14(12)20-9-11(3)15(16)18/h5-7,10-11,17H,8-9H2,1-4H3,(H2,16,18). The largest absolute Gasteiger partial charge is 0.497 e. The number of primary amides is 1. The number of hydrogen-bond donors (Lipinski definition) is 2. The molecule has 0 aromatic heterocycles. The highest BCUT2D eigenvalue weighted by molar-refractivity contribution is 5.76. The lowest BCUT2D eigenvalue weighted by Crippen LogP contribution is -2.26. The molecule has 0 aliphatic rings. The molecule has 1 aromatic carbocycles. The Morgan fingerprint density at radius 3 is 2.60 bits per heavy atom. The van der Waals surface area contributed by atoms with E-state index >= 15 is 0 Å². The van der Waals surface area contributed by atoms with Crippen LogP contribution in [-0.4, -0.2) is 25.7 Å². The molecule has 5 nitrogen and oxygen atoms in total. The van der Waals surface area contributed by atoms with Crippen molar-refractivity contribution in [2.45, 2.75) is 33.4 Å². The fourth-order valence-electron chi connectivity index (χ4n) is 1.55. The van der Waals surface area contributed by atoms with Gasteiger partial charge in [0.1, 0.15) is 11.5 Å². The molecule has 0 saturated heterocycles. The number of carbonyl (C=O) groups is 1. The van der Waals surface area contributed by atoms with Gasteiger partial charge in [-0.05, 0) is 6.07 Å². The molecular weight excluding hydrogens is 256 g/mol. The maximum Gasteiger partial charge on any atom is 0.223 e. The molecule has 0 bridgehead atoms. The Kier molecular flexibility index (Phi) is 6.31. The van der Waals surface area contributed by atoms with Crippen LogP contribution in [0.1, 0.15) is 26.3 Å². The molecule has 1 atom stereocenters. The minimum atomic E-state index is -0.366. The monoisotopic (exact) mass is 280 g/mol. The summed E-state index contributed by atoms with van der Waals surface area (Å²) in [7, 11) is 1.61. The van der Waals surface area contributed by atoms with Crippen LogP contribution in [0.5, 0.6) is 11.5 Å². The van der Waals surface area contributed by atoms with Gasteiger partial charge < -0.3 is 20.5 Å². The normalized spacial score (nSPS) is 12.2. The van der Waals surface area contributed by atoms with Crippen molar-refractivity contribution in [1.82, 2.24) is 5.32 Å². The number of amides is 1. The van der Waals surface area contributed by atoms with Crippen molar-refractivity contribution >= 4 is 5.91 Å². The first-order chi connectivity index (χ1) is 9.43. The lowest BCUT2D eigenvalue weighted by atomic mass is 10.1. The number of methoxy groups -OCH3 is 1. The van der Waals surface area contributed by atoms with E-state index in [9.17, 15) is 4.79 Å². The maximum atomic E-state index is 11.0. The van der Waals surface area contributed by atoms with E-state index in [1.54, 1.807) is 14.0 Å². The summed E-state index contributed by atoms with van der Waals surface area (Å²) < 4.78 is 10.9. The summed E-state index contributed by atoms with van der Waals surface area (Å²) in [5.41, 5.74) is 6.26. The lowest BCUT2D eigenvalue weighted by molar-refractivity contribution is -0.122. The van der Waals surface area contributed by atoms with Gasteiger partial charge in [-0.2, -0.15) is 0 Å². The molecule has 1 amide bonds. The van der Waals surface area contributed by atoms with E-state index < -0.39 is 0 Å². The average Bonchev–Trinajstić information content (AvgIpc) is 2.42. The molecule has 5 heteroatoms. The summed E-state index contributed by atoms with van der Waals surface area (Å²) in [6.07, 6.45) is 0. The molecule has 0 radical (unpaired) electrons. The minimum absolute atomic E-state index is 0.261. The van der Waals surface area contributed by atoms with Crippen LogP contribution in [0.15, 0.2) is 18.2 Å². The molecular formula is C15H24N2O3. The molecule has 0 aliphatic heterocycles. The zero-order valence-corrected chi connectivity index (χ0v) is 12.6. The molecule has 1 unspecified atom stereocenters. The zero-order chi connectivity index (χ0) is 15.1. The molecule has 1 rings (SSSR count). The molecule has 112 valence electrons. The first-order valence-electron chi connectivity index (χ1n) is 6.76. The quantitative estimate of drug-likeness (QED) is 0.760. The SMILES string of the molecule is COc1ccc(CNC(C)C)c(OCC(C)C(N)=O)c1. The van der Waals surface area contributed by atoms with Gasteiger partial charge in [0, 0.05) is 24.2 Å². The van der Waals surface area contributed by atoms with E-state index in [0.29, 0.717) is 18.3 Å². The second-order valence-electron chi connectivity index (χ2n) is 5.12. The highest BCUT2D eigenvalue weighted by Crippen LogP contribution is 2.25. The van der Waals surface area contributed by atoms with Crippen LogP contribution in [0.2, 0.25) is 0 Å². The van der Waals surface area contributed by atoms with E-state index in [4.69, 9.17) is 15.2 Å². The van der Waals surface area contributed by atoms with Gasteiger partial charge in [-0.1, -0.05) is 26.8 Å². The predicted molar refractivity (Wildman–Crippen MR) is 78.8 cm³/mol. The number of carbonyl (C=O) groups excluding carboxylic acids is 1. The third-order valence-corrected chi connectivity index (χ3v) is 2.95. The summed E-state index contributed by atoms with van der Waals surface area (Å²) in [6.45, 7) is 6.87. The van der Waals surface area contributed by atoms with Crippen molar-refractivity contribution in [2.24, 2.45) is 11.7 Å². The molecule has 3 N–H and O–H groups in total. The van der Waals surface area contributed by atoms with Crippen molar-refractivity contribution in [3.05, 3.63) is 23.8 Å². The molecule has 0 fully saturated rings. The first kappa shape index (κ1) is 16.3. The predicted octanol–water partition coefficient (Wildman–Crippen LogP) is 1.69. The van der Waals surface area contributed by atoms with E-state index in [-0.39, 0.29) is 18.4 Å². The zero-order valence-electron chi connectivity index (χ0n) is 12.6. The number of nitrogens with one attached hydrogen (secondary N) is 1. The van der Waals surface area contributed by atoms with Crippen molar-refractivity contribution in [1.29, 1.82) is 0 Å². The van der Waals surface area contributed by atoms with Gasteiger partial charge in [0.15, 0.2) is 0 Å². The van der Waals surface area contributed by atoms with Gasteiger partial charge in [-0.25, -0.2) is 0 Å². The van der Waals surface area contributed by atoms with Gasteiger partial charge >= 0.3 is 0 Å². The van der Waals surface area contributed by atoms with Crippen molar-refractivity contribution in [2.75, 3.05) is 13.7 Å². The number of hydrogen-bond acceptors (Lipinski definition) is 4. The number of nitrogens with two attached hydrogens (primary N) is 1. The van der Waals surface area contributed by atoms with Crippen LogP contribution in [0.25, 0.3) is 0 Å². The van der Waals surface area contributed by atoms with Crippen LogP contribution in [0, 0.1) is 5.92 Å². The molecule has 0 heterocycles. The highest BCUT2D eigenvalue weighted by Gasteiger charge is 2.12. The molecule has 20 heavy (non-hydrogen) atoms. The summed E-state index contributed by atoms with van der Waals surface area (Å²) in [5.74, 6) is 0.743. The van der Waals surface area contributed by atoms with E-state index in [2.05, 4.69) is 19.2 Å². The van der Waals surface area contributed by atoms with Gasteiger partial charge in [0.2, 0.25) is 5.91 Å². The third kappa shape index (κ3) is 5.09. The Hall–Kier alpha value is -1.75. The van der Waals surface area contributed by atoms with Crippen molar-refractivity contribution < 1.29 is 14.3 Å². The fourth-order valence-corrected chi connectivity index (χ4v) is 1.55. The molecule has 0 aliphatic carbocycles. The van der Waals surface area contributed by atoms with Gasteiger partial charge in [0.25, 0.3) is 0 Å². The Bertz CT molecular complexity index is 447. The van der Waals surface area contributed by atoms with Crippen molar-refractivity contribution in [3.8, 4) is 11.5 Å². The number of rotatable bonds is 8. The fraction of sp³-hybridized carbons (Fsp3) is 0.533. The Balaban J connectivity index is 2.80. The van der Waals surface area contributed by atoms with E-state index in [1.807, 2.05) is 18.2 Å². The number of ether oxygens (including phenoxy) is 2. The molecule has 0 saturated carbocycles. The number of benzene rings is 1. The van der Waals surface area contributed by atoms with Gasteiger partial charge in [0.05, 0.1) is 19.6 Å². The smallest absolute Gasteiger partial charge is 0.223 e. The first-order valence-corrected chi connectivity index (χ1v) is 6.76. The Morgan fingerprint density at radius 2 is 2.05 bits per heavy atom. The Morgan fingerprint density at radius 1 is 1.35 bits per heavy atom. The van der Waals surface area contributed by atoms with Crippen LogP contribution in [-0.2, 0) is 11.3 Å². The van der Waals surface area contributed by atoms with Crippen LogP contribution in [0.4, 0.5) is 0 Å². The van der Waals surface area contributed by atoms with Crippen LogP contribution < -0.4 is 20.5 Å².